The van der Waals surface area contributed by atoms with Crippen LogP contribution in [-0.2, 0) is 4.79 Å². The maximum absolute atomic E-state index is 13.2. The van der Waals surface area contributed by atoms with E-state index in [1.54, 1.807) is 0 Å². The van der Waals surface area contributed by atoms with Crippen molar-refractivity contribution in [3.8, 4) is 0 Å². The van der Waals surface area contributed by atoms with E-state index in [1.807, 2.05) is 0 Å². The molecule has 1 fully saturated rings. The van der Waals surface area contributed by atoms with Gasteiger partial charge in [0, 0.05) is 25.1 Å². The molecule has 92 valence electrons. The van der Waals surface area contributed by atoms with Crippen molar-refractivity contribution in [2.24, 2.45) is 0 Å². The van der Waals surface area contributed by atoms with Gasteiger partial charge in [-0.25, -0.2) is 8.78 Å². The van der Waals surface area contributed by atoms with Crippen molar-refractivity contribution in [2.75, 3.05) is 11.9 Å². The Morgan fingerprint density at radius 3 is 2.76 bits per heavy atom. The summed E-state index contributed by atoms with van der Waals surface area (Å²) in [6.45, 7) is 0.334. The molecule has 0 aliphatic heterocycles. The van der Waals surface area contributed by atoms with Crippen LogP contribution in [0.1, 0.15) is 19.3 Å². The van der Waals surface area contributed by atoms with Crippen molar-refractivity contribution >= 4 is 11.6 Å². The molecule has 0 atom stereocenters. The number of benzene rings is 1. The molecule has 2 rings (SSSR count). The van der Waals surface area contributed by atoms with Crippen LogP contribution in [-0.4, -0.2) is 18.5 Å². The van der Waals surface area contributed by atoms with Gasteiger partial charge in [-0.05, 0) is 25.0 Å². The van der Waals surface area contributed by atoms with E-state index in [-0.39, 0.29) is 18.0 Å². The maximum Gasteiger partial charge on any atom is 0.221 e. The Labute approximate surface area is 98.2 Å². The first-order chi connectivity index (χ1) is 8.15. The Kier molecular flexibility index (Phi) is 3.56. The third-order valence-electron chi connectivity index (χ3n) is 2.54. The molecule has 0 unspecified atom stereocenters. The minimum atomic E-state index is -0.646. The van der Waals surface area contributed by atoms with Crippen molar-refractivity contribution < 1.29 is 13.6 Å². The van der Waals surface area contributed by atoms with Crippen LogP contribution in [0.4, 0.5) is 14.5 Å². The fourth-order valence-electron chi connectivity index (χ4n) is 1.47. The Bertz CT molecular complexity index is 419. The van der Waals surface area contributed by atoms with Gasteiger partial charge < -0.3 is 10.6 Å². The first kappa shape index (κ1) is 11.8. The highest BCUT2D eigenvalue weighted by molar-refractivity contribution is 5.77. The molecule has 1 aromatic carbocycles. The summed E-state index contributed by atoms with van der Waals surface area (Å²) >= 11 is 0. The van der Waals surface area contributed by atoms with E-state index in [0.29, 0.717) is 12.6 Å². The monoisotopic (exact) mass is 240 g/mol. The second-order valence-corrected chi connectivity index (χ2v) is 4.14. The van der Waals surface area contributed by atoms with Gasteiger partial charge in [0.25, 0.3) is 0 Å². The molecule has 3 nitrogen and oxygen atoms in total. The van der Waals surface area contributed by atoms with Crippen LogP contribution in [0, 0.1) is 11.6 Å². The molecule has 17 heavy (non-hydrogen) atoms. The first-order valence-corrected chi connectivity index (χ1v) is 5.63. The molecule has 2 N–H and O–H groups in total. The summed E-state index contributed by atoms with van der Waals surface area (Å²) in [7, 11) is 0. The lowest BCUT2D eigenvalue weighted by molar-refractivity contribution is -0.120. The van der Waals surface area contributed by atoms with Crippen molar-refractivity contribution in [1.29, 1.82) is 0 Å². The molecule has 1 aromatic rings. The Morgan fingerprint density at radius 2 is 2.12 bits per heavy atom. The van der Waals surface area contributed by atoms with Crippen molar-refractivity contribution in [1.82, 2.24) is 5.32 Å². The minimum absolute atomic E-state index is 0.0393. The van der Waals surface area contributed by atoms with Crippen molar-refractivity contribution in [2.45, 2.75) is 25.3 Å². The molecule has 0 radical (unpaired) electrons. The normalized spacial score (nSPS) is 14.5. The Morgan fingerprint density at radius 1 is 1.35 bits per heavy atom. The zero-order valence-corrected chi connectivity index (χ0v) is 9.30. The van der Waals surface area contributed by atoms with Crippen molar-refractivity contribution in [3.63, 3.8) is 0 Å². The van der Waals surface area contributed by atoms with E-state index in [2.05, 4.69) is 10.6 Å². The quantitative estimate of drug-likeness (QED) is 0.827. The summed E-state index contributed by atoms with van der Waals surface area (Å²) in [5.41, 5.74) is 0.214. The van der Waals surface area contributed by atoms with Gasteiger partial charge in [0.15, 0.2) is 0 Å². The Hall–Kier alpha value is -1.65. The summed E-state index contributed by atoms with van der Waals surface area (Å²) in [5, 5.41) is 5.59. The zero-order valence-electron chi connectivity index (χ0n) is 9.30. The third-order valence-corrected chi connectivity index (χ3v) is 2.54. The summed E-state index contributed by atoms with van der Waals surface area (Å²) in [5.74, 6) is -1.30. The summed E-state index contributed by atoms with van der Waals surface area (Å²) in [4.78, 5) is 11.3. The van der Waals surface area contributed by atoms with Gasteiger partial charge in [-0.1, -0.05) is 0 Å². The van der Waals surface area contributed by atoms with Crippen LogP contribution >= 0.6 is 0 Å². The predicted molar refractivity (Wildman–Crippen MR) is 60.6 cm³/mol. The molecule has 1 aliphatic rings. The molecular formula is C12H14F2N2O. The SMILES string of the molecule is O=C(CCNc1ccc(F)cc1F)NC1CC1. The number of nitrogens with one attached hydrogen (secondary N) is 2. The molecule has 1 aliphatic carbocycles. The first-order valence-electron chi connectivity index (χ1n) is 5.63. The third kappa shape index (κ3) is 3.69. The molecule has 0 saturated heterocycles. The van der Waals surface area contributed by atoms with Crippen LogP contribution in [0.15, 0.2) is 18.2 Å². The number of rotatable bonds is 5. The van der Waals surface area contributed by atoms with Gasteiger partial charge in [-0.2, -0.15) is 0 Å². The highest BCUT2D eigenvalue weighted by Crippen LogP contribution is 2.18. The minimum Gasteiger partial charge on any atom is -0.382 e. The lowest BCUT2D eigenvalue weighted by atomic mass is 10.3. The van der Waals surface area contributed by atoms with E-state index < -0.39 is 11.6 Å². The molecule has 5 heteroatoms. The molecule has 1 saturated carbocycles. The number of carbonyl (C=O) groups is 1. The molecular weight excluding hydrogens is 226 g/mol. The van der Waals surface area contributed by atoms with Gasteiger partial charge in [0.1, 0.15) is 11.6 Å². The van der Waals surface area contributed by atoms with Crippen molar-refractivity contribution in [3.05, 3.63) is 29.8 Å². The molecule has 1 amide bonds. The average molecular weight is 240 g/mol. The fourth-order valence-corrected chi connectivity index (χ4v) is 1.47. The van der Waals surface area contributed by atoms with Crippen LogP contribution in [0.2, 0.25) is 0 Å². The number of halogens is 2. The highest BCUT2D eigenvalue weighted by atomic mass is 19.1. The van der Waals surface area contributed by atoms with Gasteiger partial charge in [0.05, 0.1) is 5.69 Å². The van der Waals surface area contributed by atoms with E-state index in [9.17, 15) is 13.6 Å². The smallest absolute Gasteiger partial charge is 0.221 e. The second kappa shape index (κ2) is 5.12. The van der Waals surface area contributed by atoms with Gasteiger partial charge in [-0.3, -0.25) is 4.79 Å². The standard InChI is InChI=1S/C12H14F2N2O/c13-8-1-4-11(10(14)7-8)15-6-5-12(17)16-9-2-3-9/h1,4,7,9,15H,2-3,5-6H2,(H,16,17). The van der Waals surface area contributed by atoms with E-state index in [4.69, 9.17) is 0 Å². The van der Waals surface area contributed by atoms with Crippen LogP contribution in [0.3, 0.4) is 0 Å². The maximum atomic E-state index is 13.2. The largest absolute Gasteiger partial charge is 0.382 e. The Balaban J connectivity index is 1.75. The summed E-state index contributed by atoms with van der Waals surface area (Å²) in [6, 6.07) is 3.65. The number of carbonyl (C=O) groups excluding carboxylic acids is 1. The lowest BCUT2D eigenvalue weighted by Gasteiger charge is -2.07. The van der Waals surface area contributed by atoms with Crippen LogP contribution in [0.25, 0.3) is 0 Å². The fraction of sp³-hybridized carbons (Fsp3) is 0.417. The zero-order chi connectivity index (χ0) is 12.3. The van der Waals surface area contributed by atoms with Crippen LogP contribution in [0.5, 0.6) is 0 Å². The van der Waals surface area contributed by atoms with Crippen LogP contribution < -0.4 is 10.6 Å². The lowest BCUT2D eigenvalue weighted by Crippen LogP contribution is -2.27. The number of anilines is 1. The van der Waals surface area contributed by atoms with E-state index >= 15 is 0 Å². The predicted octanol–water partition coefficient (Wildman–Crippen LogP) is 2.05. The molecule has 0 aromatic heterocycles. The van der Waals surface area contributed by atoms with Gasteiger partial charge in [-0.15, -0.1) is 0 Å². The summed E-state index contributed by atoms with van der Waals surface area (Å²) < 4.78 is 25.8. The molecule has 0 bridgehead atoms. The highest BCUT2D eigenvalue weighted by Gasteiger charge is 2.22. The second-order valence-electron chi connectivity index (χ2n) is 4.14. The topological polar surface area (TPSA) is 41.1 Å². The number of hydrogen-bond acceptors (Lipinski definition) is 2. The number of amides is 1. The van der Waals surface area contributed by atoms with E-state index in [1.165, 1.54) is 12.1 Å². The van der Waals surface area contributed by atoms with Gasteiger partial charge in [0.2, 0.25) is 5.91 Å². The number of hydrogen-bond donors (Lipinski definition) is 2. The average Bonchev–Trinajstić information content (AvgIpc) is 3.05. The van der Waals surface area contributed by atoms with Gasteiger partial charge >= 0.3 is 0 Å². The molecule has 0 spiro atoms. The van der Waals surface area contributed by atoms with E-state index in [0.717, 1.165) is 18.9 Å². The molecule has 0 heterocycles. The summed E-state index contributed by atoms with van der Waals surface area (Å²) in [6.07, 6.45) is 2.38.